The van der Waals surface area contributed by atoms with Crippen molar-refractivity contribution in [1.29, 1.82) is 0 Å². The van der Waals surface area contributed by atoms with Crippen LogP contribution in [0.15, 0.2) is 24.3 Å². The van der Waals surface area contributed by atoms with Crippen molar-refractivity contribution in [3.63, 3.8) is 0 Å². The van der Waals surface area contributed by atoms with Crippen molar-refractivity contribution in [2.24, 2.45) is 0 Å². The second-order valence-corrected chi connectivity index (χ2v) is 1.67. The van der Waals surface area contributed by atoms with E-state index >= 15 is 0 Å². The van der Waals surface area contributed by atoms with Crippen molar-refractivity contribution in [2.75, 3.05) is 0 Å². The summed E-state index contributed by atoms with van der Waals surface area (Å²) in [5, 5.41) is 0. The molecule has 0 radical (unpaired) electrons. The molecule has 0 unspecified atom stereocenters. The van der Waals surface area contributed by atoms with E-state index in [1.165, 1.54) is 0 Å². The minimum Gasteiger partial charge on any atom is -0.0848 e. The van der Waals surface area contributed by atoms with Gasteiger partial charge in [0, 0.05) is 0 Å². The zero-order valence-electron chi connectivity index (χ0n) is 5.72. The highest BCUT2D eigenvalue weighted by atomic mass is 13.7. The van der Waals surface area contributed by atoms with Crippen LogP contribution in [0.1, 0.15) is 26.7 Å². The molecule has 0 amide bonds. The summed E-state index contributed by atoms with van der Waals surface area (Å²) >= 11 is 0. The van der Waals surface area contributed by atoms with Gasteiger partial charge in [0.2, 0.25) is 0 Å². The van der Waals surface area contributed by atoms with Crippen molar-refractivity contribution in [1.82, 2.24) is 0 Å². The summed E-state index contributed by atoms with van der Waals surface area (Å²) in [6.07, 6.45) is 10.7. The van der Waals surface area contributed by atoms with Crippen molar-refractivity contribution >= 4 is 0 Å². The maximum Gasteiger partial charge on any atom is -0.0376 e. The van der Waals surface area contributed by atoms with E-state index in [-0.39, 0.29) is 0 Å². The highest BCUT2D eigenvalue weighted by Crippen LogP contribution is 1.83. The van der Waals surface area contributed by atoms with Gasteiger partial charge < -0.3 is 0 Å². The molecule has 0 nitrogen and oxygen atoms in total. The van der Waals surface area contributed by atoms with E-state index in [1.807, 2.05) is 0 Å². The van der Waals surface area contributed by atoms with Gasteiger partial charge in [-0.1, -0.05) is 38.2 Å². The molecular weight excluding hydrogens is 96.1 g/mol. The normalized spacial score (nSPS) is 11.8. The maximum absolute atomic E-state index is 2.14. The third kappa shape index (κ3) is 5.48. The van der Waals surface area contributed by atoms with Crippen LogP contribution in [-0.4, -0.2) is 0 Å². The predicted octanol–water partition coefficient (Wildman–Crippen LogP) is 2.92. The van der Waals surface area contributed by atoms with Crippen LogP contribution in [0.5, 0.6) is 0 Å². The fourth-order valence-electron chi connectivity index (χ4n) is 0.429. The Labute approximate surface area is 51.9 Å². The molecule has 0 N–H and O–H groups in total. The minimum absolute atomic E-state index is 1.13. The van der Waals surface area contributed by atoms with E-state index in [0.29, 0.717) is 0 Å². The fourth-order valence-corrected chi connectivity index (χ4v) is 0.429. The van der Waals surface area contributed by atoms with E-state index in [1.54, 1.807) is 0 Å². The first-order valence-corrected chi connectivity index (χ1v) is 3.23. The average Bonchev–Trinajstić information content (AvgIpc) is 1.81. The SMILES string of the molecule is CC/C=C/C=C/CC. The Hall–Kier alpha value is -0.520. The van der Waals surface area contributed by atoms with Crippen LogP contribution in [0.2, 0.25) is 0 Å². The monoisotopic (exact) mass is 110 g/mol. The van der Waals surface area contributed by atoms with Gasteiger partial charge in [-0.15, -0.1) is 0 Å². The van der Waals surface area contributed by atoms with Gasteiger partial charge in [-0.3, -0.25) is 0 Å². The van der Waals surface area contributed by atoms with Crippen molar-refractivity contribution in [2.45, 2.75) is 26.7 Å². The van der Waals surface area contributed by atoms with Gasteiger partial charge in [-0.25, -0.2) is 0 Å². The molecule has 0 saturated carbocycles. The third-order valence-corrected chi connectivity index (χ3v) is 0.855. The molecule has 0 heterocycles. The van der Waals surface area contributed by atoms with Gasteiger partial charge >= 0.3 is 0 Å². The second-order valence-electron chi connectivity index (χ2n) is 1.67. The first-order valence-electron chi connectivity index (χ1n) is 3.23. The summed E-state index contributed by atoms with van der Waals surface area (Å²) in [5.41, 5.74) is 0. The van der Waals surface area contributed by atoms with Crippen molar-refractivity contribution in [3.05, 3.63) is 24.3 Å². The van der Waals surface area contributed by atoms with E-state index in [4.69, 9.17) is 0 Å². The quantitative estimate of drug-likeness (QED) is 0.490. The van der Waals surface area contributed by atoms with Gasteiger partial charge in [-0.2, -0.15) is 0 Å². The molecule has 0 aliphatic rings. The molecule has 0 atom stereocenters. The smallest absolute Gasteiger partial charge is 0.0376 e. The van der Waals surface area contributed by atoms with Crippen molar-refractivity contribution < 1.29 is 0 Å². The average molecular weight is 110 g/mol. The van der Waals surface area contributed by atoms with Crippen LogP contribution in [0, 0.1) is 0 Å². The zero-order chi connectivity index (χ0) is 6.24. The predicted molar refractivity (Wildman–Crippen MR) is 38.9 cm³/mol. The van der Waals surface area contributed by atoms with Crippen LogP contribution >= 0.6 is 0 Å². The van der Waals surface area contributed by atoms with Gasteiger partial charge in [0.1, 0.15) is 0 Å². The molecular formula is C8H14. The number of rotatable bonds is 3. The van der Waals surface area contributed by atoms with E-state index in [2.05, 4.69) is 38.2 Å². The summed E-state index contributed by atoms with van der Waals surface area (Å²) < 4.78 is 0. The Morgan fingerprint density at radius 2 is 1.25 bits per heavy atom. The molecule has 0 aromatic heterocycles. The fraction of sp³-hybridized carbons (Fsp3) is 0.500. The summed E-state index contributed by atoms with van der Waals surface area (Å²) in [4.78, 5) is 0. The summed E-state index contributed by atoms with van der Waals surface area (Å²) in [5.74, 6) is 0. The molecule has 0 fully saturated rings. The minimum atomic E-state index is 1.13. The number of hydrogen-bond acceptors (Lipinski definition) is 0. The van der Waals surface area contributed by atoms with Crippen LogP contribution in [-0.2, 0) is 0 Å². The molecule has 0 aromatic rings. The first-order chi connectivity index (χ1) is 3.91. The van der Waals surface area contributed by atoms with E-state index in [0.717, 1.165) is 12.8 Å². The van der Waals surface area contributed by atoms with Crippen molar-refractivity contribution in [3.8, 4) is 0 Å². The molecule has 0 heteroatoms. The van der Waals surface area contributed by atoms with Crippen LogP contribution in [0.25, 0.3) is 0 Å². The Kier molecular flexibility index (Phi) is 6.06. The molecule has 0 spiro atoms. The molecule has 0 aliphatic carbocycles. The summed E-state index contributed by atoms with van der Waals surface area (Å²) in [7, 11) is 0. The lowest BCUT2D eigenvalue weighted by Gasteiger charge is -1.74. The van der Waals surface area contributed by atoms with E-state index < -0.39 is 0 Å². The lowest BCUT2D eigenvalue weighted by atomic mass is 10.3. The lowest BCUT2D eigenvalue weighted by Crippen LogP contribution is -1.52. The zero-order valence-corrected chi connectivity index (χ0v) is 5.72. The molecule has 0 saturated heterocycles. The van der Waals surface area contributed by atoms with Gasteiger partial charge in [0.25, 0.3) is 0 Å². The Balaban J connectivity index is 3.13. The molecule has 0 aromatic carbocycles. The molecule has 0 aliphatic heterocycles. The Morgan fingerprint density at radius 1 is 0.875 bits per heavy atom. The topological polar surface area (TPSA) is 0 Å². The van der Waals surface area contributed by atoms with Crippen LogP contribution < -0.4 is 0 Å². The Morgan fingerprint density at radius 3 is 1.50 bits per heavy atom. The largest absolute Gasteiger partial charge is 0.0848 e. The van der Waals surface area contributed by atoms with Gasteiger partial charge in [0.15, 0.2) is 0 Å². The van der Waals surface area contributed by atoms with Crippen LogP contribution in [0.3, 0.4) is 0 Å². The summed E-state index contributed by atoms with van der Waals surface area (Å²) in [6.45, 7) is 4.27. The van der Waals surface area contributed by atoms with Gasteiger partial charge in [-0.05, 0) is 12.8 Å². The van der Waals surface area contributed by atoms with Gasteiger partial charge in [0.05, 0.1) is 0 Å². The standard InChI is InChI=1S/C8H14/c1-3-5-7-8-6-4-2/h5-8H,3-4H2,1-2H3/b7-5+,8-6+. The molecule has 46 valence electrons. The number of hydrogen-bond donors (Lipinski definition) is 0. The van der Waals surface area contributed by atoms with E-state index in [9.17, 15) is 0 Å². The molecule has 0 bridgehead atoms. The summed E-state index contributed by atoms with van der Waals surface area (Å²) in [6, 6.07) is 0. The second kappa shape index (κ2) is 6.48. The van der Waals surface area contributed by atoms with Crippen LogP contribution in [0.4, 0.5) is 0 Å². The first kappa shape index (κ1) is 7.48. The Bertz CT molecular complexity index is 66.0. The highest BCUT2D eigenvalue weighted by molar-refractivity contribution is 5.01. The highest BCUT2D eigenvalue weighted by Gasteiger charge is 1.61. The molecule has 8 heavy (non-hydrogen) atoms. The number of allylic oxidation sites excluding steroid dienone is 4. The lowest BCUT2D eigenvalue weighted by molar-refractivity contribution is 1.21. The maximum atomic E-state index is 2.14. The third-order valence-electron chi connectivity index (χ3n) is 0.855. The molecule has 0 rings (SSSR count).